The number of oxazole rings is 1. The van der Waals surface area contributed by atoms with Crippen LogP contribution in [0.25, 0.3) is 22.6 Å². The van der Waals surface area contributed by atoms with Gasteiger partial charge in [0.2, 0.25) is 5.89 Å². The molecule has 0 fully saturated rings. The lowest BCUT2D eigenvalue weighted by Crippen LogP contribution is -2.14. The molecule has 0 radical (unpaired) electrons. The van der Waals surface area contributed by atoms with Crippen LogP contribution in [0.4, 0.5) is 14.5 Å². The minimum absolute atomic E-state index is 0.183. The van der Waals surface area contributed by atoms with Crippen molar-refractivity contribution in [2.75, 3.05) is 4.72 Å². The molecule has 0 aliphatic rings. The number of hydrogen-bond acceptors (Lipinski definition) is 4. The second-order valence-electron chi connectivity index (χ2n) is 6.29. The zero-order valence-electron chi connectivity index (χ0n) is 15.1. The molecular weight excluding hydrogens is 434 g/mol. The van der Waals surface area contributed by atoms with Gasteiger partial charge in [0.1, 0.15) is 22.8 Å². The van der Waals surface area contributed by atoms with E-state index in [0.717, 1.165) is 17.7 Å². The first kappa shape index (κ1) is 20.1. The van der Waals surface area contributed by atoms with Crippen LogP contribution in [0.1, 0.15) is 0 Å². The maximum atomic E-state index is 13.8. The van der Waals surface area contributed by atoms with Gasteiger partial charge in [-0.25, -0.2) is 22.2 Å². The van der Waals surface area contributed by atoms with Gasteiger partial charge >= 0.3 is 0 Å². The molecule has 30 heavy (non-hydrogen) atoms. The zero-order chi connectivity index (χ0) is 21.3. The van der Waals surface area contributed by atoms with Crippen LogP contribution in [0.2, 0.25) is 5.02 Å². The first-order valence-electron chi connectivity index (χ1n) is 8.61. The lowest BCUT2D eigenvalue weighted by atomic mass is 10.0. The summed E-state index contributed by atoms with van der Waals surface area (Å²) in [5.41, 5.74) is 2.32. The van der Waals surface area contributed by atoms with Crippen molar-refractivity contribution in [3.05, 3.63) is 89.8 Å². The van der Waals surface area contributed by atoms with Gasteiger partial charge < -0.3 is 4.42 Å². The van der Waals surface area contributed by atoms with Crippen molar-refractivity contribution in [2.45, 2.75) is 4.90 Å². The Morgan fingerprint density at radius 2 is 1.67 bits per heavy atom. The van der Waals surface area contributed by atoms with E-state index in [2.05, 4.69) is 9.71 Å². The Hall–Kier alpha value is -3.23. The Bertz CT molecular complexity index is 1310. The average Bonchev–Trinajstić information content (AvgIpc) is 3.25. The van der Waals surface area contributed by atoms with Crippen molar-refractivity contribution in [1.29, 1.82) is 0 Å². The minimum Gasteiger partial charge on any atom is -0.445 e. The van der Waals surface area contributed by atoms with E-state index >= 15 is 0 Å². The molecule has 0 saturated heterocycles. The van der Waals surface area contributed by atoms with E-state index in [4.69, 9.17) is 16.0 Å². The largest absolute Gasteiger partial charge is 0.445 e. The molecule has 5 nitrogen and oxygen atoms in total. The van der Waals surface area contributed by atoms with Gasteiger partial charge in [-0.2, -0.15) is 0 Å². The van der Waals surface area contributed by atoms with Gasteiger partial charge in [-0.05, 0) is 54.1 Å². The highest BCUT2D eigenvalue weighted by atomic mass is 35.5. The van der Waals surface area contributed by atoms with Crippen LogP contribution >= 0.6 is 11.6 Å². The Balaban J connectivity index is 1.62. The van der Waals surface area contributed by atoms with Crippen LogP contribution in [-0.2, 0) is 10.0 Å². The molecule has 0 unspecified atom stereocenters. The van der Waals surface area contributed by atoms with E-state index in [0.29, 0.717) is 28.1 Å². The number of benzene rings is 3. The van der Waals surface area contributed by atoms with E-state index in [1.165, 1.54) is 24.6 Å². The molecule has 4 aromatic rings. The van der Waals surface area contributed by atoms with Crippen LogP contribution < -0.4 is 4.72 Å². The second-order valence-corrected chi connectivity index (χ2v) is 8.35. The van der Waals surface area contributed by atoms with Crippen molar-refractivity contribution in [1.82, 2.24) is 4.98 Å². The van der Waals surface area contributed by atoms with E-state index in [1.54, 1.807) is 30.3 Å². The van der Waals surface area contributed by atoms with Crippen molar-refractivity contribution in [3.8, 4) is 22.6 Å². The van der Waals surface area contributed by atoms with Gasteiger partial charge in [0.05, 0.1) is 6.20 Å². The van der Waals surface area contributed by atoms with E-state index in [1.807, 2.05) is 0 Å². The summed E-state index contributed by atoms with van der Waals surface area (Å²) < 4.78 is 59.5. The van der Waals surface area contributed by atoms with E-state index < -0.39 is 26.6 Å². The number of hydrogen-bond donors (Lipinski definition) is 1. The van der Waals surface area contributed by atoms with E-state index in [9.17, 15) is 17.2 Å². The predicted molar refractivity (Wildman–Crippen MR) is 110 cm³/mol. The lowest BCUT2D eigenvalue weighted by Gasteiger charge is -2.11. The molecule has 0 spiro atoms. The smallest absolute Gasteiger partial charge is 0.264 e. The fourth-order valence-corrected chi connectivity index (χ4v) is 4.23. The standard InChI is InChI=1S/C21H13ClF2N2O3S/c22-18-7-3-14(21-25-9-10-29-21)11-17(18)13-1-5-16(6-2-13)26-30(27,28)20-12-15(23)4-8-19(20)24/h1-12,26H. The second kappa shape index (κ2) is 7.89. The zero-order valence-corrected chi connectivity index (χ0v) is 16.7. The Labute approximate surface area is 176 Å². The molecule has 0 aliphatic heterocycles. The van der Waals surface area contributed by atoms with Crippen molar-refractivity contribution < 1.29 is 21.6 Å². The number of aromatic nitrogens is 1. The molecule has 1 N–H and O–H groups in total. The summed E-state index contributed by atoms with van der Waals surface area (Å²) in [7, 11) is -4.30. The molecule has 9 heteroatoms. The normalized spacial score (nSPS) is 11.4. The van der Waals surface area contributed by atoms with Crippen molar-refractivity contribution >= 4 is 27.3 Å². The van der Waals surface area contributed by atoms with Gasteiger partial charge in [-0.3, -0.25) is 4.72 Å². The third-order valence-electron chi connectivity index (χ3n) is 4.28. The molecule has 0 aliphatic carbocycles. The van der Waals surface area contributed by atoms with Crippen LogP contribution in [0, 0.1) is 11.6 Å². The fraction of sp³-hybridized carbons (Fsp3) is 0. The topological polar surface area (TPSA) is 72.2 Å². The van der Waals surface area contributed by atoms with Crippen molar-refractivity contribution in [2.24, 2.45) is 0 Å². The number of halogens is 3. The minimum atomic E-state index is -4.30. The number of nitrogens with one attached hydrogen (secondary N) is 1. The molecule has 3 aromatic carbocycles. The Morgan fingerprint density at radius 1 is 0.933 bits per heavy atom. The summed E-state index contributed by atoms with van der Waals surface area (Å²) in [5.74, 6) is -1.46. The highest BCUT2D eigenvalue weighted by Gasteiger charge is 2.20. The molecule has 0 saturated carbocycles. The predicted octanol–water partition coefficient (Wildman–Crippen LogP) is 5.74. The van der Waals surface area contributed by atoms with Gasteiger partial charge in [0.15, 0.2) is 0 Å². The van der Waals surface area contributed by atoms with Crippen LogP contribution in [0.15, 0.2) is 82.4 Å². The Kier molecular flexibility index (Phi) is 5.27. The number of nitrogens with zero attached hydrogens (tertiary/aromatic N) is 1. The summed E-state index contributed by atoms with van der Waals surface area (Å²) >= 11 is 6.31. The first-order valence-corrected chi connectivity index (χ1v) is 10.5. The summed E-state index contributed by atoms with van der Waals surface area (Å²) in [6.45, 7) is 0. The molecule has 0 atom stereocenters. The molecule has 152 valence electrons. The van der Waals surface area contributed by atoms with Gasteiger partial charge in [0.25, 0.3) is 10.0 Å². The SMILES string of the molecule is O=S(=O)(Nc1ccc(-c2cc(-c3ncco3)ccc2Cl)cc1)c1cc(F)ccc1F. The van der Waals surface area contributed by atoms with Gasteiger partial charge in [0, 0.05) is 21.8 Å². The summed E-state index contributed by atoms with van der Waals surface area (Å²) in [4.78, 5) is 3.33. The summed E-state index contributed by atoms with van der Waals surface area (Å²) in [6, 6.07) is 13.8. The Morgan fingerprint density at radius 3 is 2.37 bits per heavy atom. The molecule has 0 bridgehead atoms. The maximum absolute atomic E-state index is 13.8. The molecule has 1 heterocycles. The van der Waals surface area contributed by atoms with Crippen LogP contribution in [0.5, 0.6) is 0 Å². The highest BCUT2D eigenvalue weighted by Crippen LogP contribution is 2.33. The monoisotopic (exact) mass is 446 g/mol. The van der Waals surface area contributed by atoms with Gasteiger partial charge in [-0.1, -0.05) is 23.7 Å². The van der Waals surface area contributed by atoms with Crippen LogP contribution in [-0.4, -0.2) is 13.4 Å². The summed E-state index contributed by atoms with van der Waals surface area (Å²) in [5, 5.41) is 0.487. The maximum Gasteiger partial charge on any atom is 0.264 e. The summed E-state index contributed by atoms with van der Waals surface area (Å²) in [6.07, 6.45) is 3.00. The number of rotatable bonds is 5. The van der Waals surface area contributed by atoms with E-state index in [-0.39, 0.29) is 5.69 Å². The van der Waals surface area contributed by atoms with Crippen molar-refractivity contribution in [3.63, 3.8) is 0 Å². The third-order valence-corrected chi connectivity index (χ3v) is 6.00. The third kappa shape index (κ3) is 4.05. The first-order chi connectivity index (χ1) is 14.3. The molecule has 1 aromatic heterocycles. The molecule has 4 rings (SSSR count). The fourth-order valence-electron chi connectivity index (χ4n) is 2.86. The lowest BCUT2D eigenvalue weighted by molar-refractivity contribution is 0.555. The molecular formula is C21H13ClF2N2O3S. The average molecular weight is 447 g/mol. The van der Waals surface area contributed by atoms with Gasteiger partial charge in [-0.15, -0.1) is 0 Å². The molecule has 0 amide bonds. The number of anilines is 1. The highest BCUT2D eigenvalue weighted by molar-refractivity contribution is 7.92. The van der Waals surface area contributed by atoms with Crippen LogP contribution in [0.3, 0.4) is 0 Å². The number of sulfonamides is 1. The quantitative estimate of drug-likeness (QED) is 0.424.